The normalized spacial score (nSPS) is 52.2. The largest absolute Gasteiger partial charge is 0.462 e. The number of epoxide rings is 1. The summed E-state index contributed by atoms with van der Waals surface area (Å²) in [5, 5.41) is 0. The van der Waals surface area contributed by atoms with Gasteiger partial charge in [-0.25, -0.2) is 4.79 Å². The van der Waals surface area contributed by atoms with Crippen LogP contribution in [0.25, 0.3) is 0 Å². The molecule has 0 aromatic heterocycles. The summed E-state index contributed by atoms with van der Waals surface area (Å²) >= 11 is 0. The Kier molecular flexibility index (Phi) is 5.47. The van der Waals surface area contributed by atoms with E-state index in [9.17, 15) is 9.59 Å². The van der Waals surface area contributed by atoms with Crippen LogP contribution < -0.4 is 0 Å². The van der Waals surface area contributed by atoms with Gasteiger partial charge in [-0.2, -0.15) is 0 Å². The molecule has 194 valence electrons. The number of hydrogen-bond acceptors (Lipinski definition) is 8. The lowest BCUT2D eigenvalue weighted by atomic mass is 9.40. The Labute approximate surface area is 207 Å². The van der Waals surface area contributed by atoms with Crippen molar-refractivity contribution >= 4 is 11.9 Å². The quantitative estimate of drug-likeness (QED) is 0.336. The summed E-state index contributed by atoms with van der Waals surface area (Å²) in [5.41, 5.74) is -1.04. The van der Waals surface area contributed by atoms with Crippen molar-refractivity contribution in [1.29, 1.82) is 0 Å². The highest BCUT2D eigenvalue weighted by atomic mass is 16.7. The Hall–Kier alpha value is -1.48. The zero-order valence-corrected chi connectivity index (χ0v) is 21.4. The molecule has 7 fully saturated rings. The van der Waals surface area contributed by atoms with Gasteiger partial charge in [-0.3, -0.25) is 4.79 Å². The van der Waals surface area contributed by atoms with Crippen LogP contribution in [0.3, 0.4) is 0 Å². The van der Waals surface area contributed by atoms with Gasteiger partial charge >= 0.3 is 11.9 Å². The van der Waals surface area contributed by atoms with E-state index in [1.165, 1.54) is 6.92 Å². The van der Waals surface area contributed by atoms with E-state index in [4.69, 9.17) is 28.4 Å². The molecule has 5 saturated heterocycles. The van der Waals surface area contributed by atoms with Crippen LogP contribution in [0.15, 0.2) is 11.6 Å². The number of rotatable bonds is 4. The predicted octanol–water partition coefficient (Wildman–Crippen LogP) is 3.52. The van der Waals surface area contributed by atoms with Gasteiger partial charge < -0.3 is 28.4 Å². The molecule has 0 aromatic rings. The van der Waals surface area contributed by atoms with Gasteiger partial charge in [0, 0.05) is 30.3 Å². The van der Waals surface area contributed by atoms with Gasteiger partial charge in [-0.05, 0) is 51.4 Å². The van der Waals surface area contributed by atoms with Crippen LogP contribution in [0.1, 0.15) is 66.7 Å². The molecular formula is C27H38O8. The molecule has 5 aliphatic heterocycles. The monoisotopic (exact) mass is 490 g/mol. The second-order valence-electron chi connectivity index (χ2n) is 11.9. The summed E-state index contributed by atoms with van der Waals surface area (Å²) in [6.07, 6.45) is 4.35. The maximum Gasteiger partial charge on any atom is 0.335 e. The van der Waals surface area contributed by atoms with E-state index in [1.54, 1.807) is 13.0 Å². The Morgan fingerprint density at radius 1 is 1.09 bits per heavy atom. The third-order valence-corrected chi connectivity index (χ3v) is 10.5. The van der Waals surface area contributed by atoms with E-state index in [2.05, 4.69) is 13.8 Å². The summed E-state index contributed by atoms with van der Waals surface area (Å²) in [4.78, 5) is 25.4. The van der Waals surface area contributed by atoms with Crippen molar-refractivity contribution in [3.8, 4) is 0 Å². The summed E-state index contributed by atoms with van der Waals surface area (Å²) in [7, 11) is 0. The first-order chi connectivity index (χ1) is 16.7. The zero-order chi connectivity index (χ0) is 24.8. The highest BCUT2D eigenvalue weighted by molar-refractivity contribution is 5.87. The Morgan fingerprint density at radius 3 is 2.51 bits per heavy atom. The number of hydrogen-bond donors (Lipinski definition) is 0. The van der Waals surface area contributed by atoms with Crippen LogP contribution in [-0.4, -0.2) is 61.6 Å². The van der Waals surface area contributed by atoms with Crippen molar-refractivity contribution in [2.75, 3.05) is 13.2 Å². The molecule has 5 heterocycles. The number of ether oxygens (including phenoxy) is 6. The summed E-state index contributed by atoms with van der Waals surface area (Å²) in [6.45, 7) is 10.9. The van der Waals surface area contributed by atoms with E-state index in [0.717, 1.165) is 32.3 Å². The van der Waals surface area contributed by atoms with Crippen molar-refractivity contribution in [2.24, 2.45) is 28.6 Å². The highest BCUT2D eigenvalue weighted by Gasteiger charge is 2.83. The minimum atomic E-state index is -0.849. The van der Waals surface area contributed by atoms with Gasteiger partial charge in [0.05, 0.1) is 25.4 Å². The molecule has 7 aliphatic rings. The maximum absolute atomic E-state index is 13.0. The molecule has 0 amide bonds. The molecule has 11 atom stereocenters. The molecule has 0 aromatic carbocycles. The van der Waals surface area contributed by atoms with Gasteiger partial charge in [0.15, 0.2) is 6.29 Å². The number of allylic oxidation sites excluding steroid dienone is 1. The minimum Gasteiger partial charge on any atom is -0.462 e. The van der Waals surface area contributed by atoms with Gasteiger partial charge in [0.25, 0.3) is 0 Å². The second kappa shape index (κ2) is 8.01. The fourth-order valence-electron chi connectivity index (χ4n) is 8.38. The molecule has 0 radical (unpaired) electrons. The molecule has 2 aliphatic carbocycles. The van der Waals surface area contributed by atoms with Crippen molar-refractivity contribution in [3.05, 3.63) is 11.6 Å². The van der Waals surface area contributed by atoms with Crippen LogP contribution in [0.5, 0.6) is 0 Å². The molecule has 7 rings (SSSR count). The molecule has 35 heavy (non-hydrogen) atoms. The Morgan fingerprint density at radius 2 is 1.86 bits per heavy atom. The van der Waals surface area contributed by atoms with E-state index < -0.39 is 29.4 Å². The lowest BCUT2D eigenvalue weighted by Crippen LogP contribution is -2.77. The van der Waals surface area contributed by atoms with Crippen LogP contribution in [0.2, 0.25) is 0 Å². The van der Waals surface area contributed by atoms with Crippen LogP contribution >= 0.6 is 0 Å². The second-order valence-corrected chi connectivity index (χ2v) is 11.9. The van der Waals surface area contributed by atoms with E-state index in [0.29, 0.717) is 24.5 Å². The van der Waals surface area contributed by atoms with E-state index in [1.807, 2.05) is 6.92 Å². The lowest BCUT2D eigenvalue weighted by molar-refractivity contribution is -0.375. The fourth-order valence-corrected chi connectivity index (χ4v) is 8.38. The molecule has 8 heteroatoms. The van der Waals surface area contributed by atoms with Gasteiger partial charge in [0.2, 0.25) is 6.29 Å². The van der Waals surface area contributed by atoms with Gasteiger partial charge in [-0.1, -0.05) is 19.9 Å². The Bertz CT molecular complexity index is 929. The molecule has 2 spiro atoms. The van der Waals surface area contributed by atoms with Crippen molar-refractivity contribution in [2.45, 2.75) is 103 Å². The van der Waals surface area contributed by atoms with Crippen molar-refractivity contribution in [1.82, 2.24) is 0 Å². The standard InChI is InChI=1S/C27H38O8/c1-6-14(2)22(29)35-24-27-19(11-18(33-24)12-26(27)13-31-26)25(5,15(3)9-21(27)32-16(4)28)20-10-17-7-8-30-23(17)34-20/h6,15,17-21,23-24H,7-13H2,1-5H3/b14-6+/t15-,17-,18-,19-,20+,21+,23+,24-,25+,26+,27?/m1/s1. The summed E-state index contributed by atoms with van der Waals surface area (Å²) in [5.74, 6) is -0.0749. The first-order valence-electron chi connectivity index (χ1n) is 13.2. The maximum atomic E-state index is 13.0. The fraction of sp³-hybridized carbons (Fsp3) is 0.852. The smallest absolute Gasteiger partial charge is 0.335 e. The molecule has 2 bridgehead atoms. The topological polar surface area (TPSA) is 92.8 Å². The van der Waals surface area contributed by atoms with Crippen molar-refractivity contribution in [3.63, 3.8) is 0 Å². The number of fused-ring (bicyclic) bond motifs is 2. The minimum absolute atomic E-state index is 0.0109. The third kappa shape index (κ3) is 3.19. The average molecular weight is 491 g/mol. The zero-order valence-electron chi connectivity index (χ0n) is 21.4. The van der Waals surface area contributed by atoms with Crippen LogP contribution in [-0.2, 0) is 38.0 Å². The Balaban J connectivity index is 1.45. The van der Waals surface area contributed by atoms with E-state index in [-0.39, 0.29) is 41.7 Å². The lowest BCUT2D eigenvalue weighted by Gasteiger charge is -2.69. The van der Waals surface area contributed by atoms with Gasteiger partial charge in [-0.15, -0.1) is 0 Å². The van der Waals surface area contributed by atoms with Crippen LogP contribution in [0.4, 0.5) is 0 Å². The molecular weight excluding hydrogens is 452 g/mol. The summed E-state index contributed by atoms with van der Waals surface area (Å²) < 4.78 is 37.4. The first kappa shape index (κ1) is 23.9. The number of carbonyl (C=O) groups excluding carboxylic acids is 2. The molecule has 1 unspecified atom stereocenters. The number of esters is 2. The third-order valence-electron chi connectivity index (χ3n) is 10.5. The predicted molar refractivity (Wildman–Crippen MR) is 123 cm³/mol. The van der Waals surface area contributed by atoms with Crippen molar-refractivity contribution < 1.29 is 38.0 Å². The molecule has 0 N–H and O–H groups in total. The molecule has 8 nitrogen and oxygen atoms in total. The SMILES string of the molecule is C/C=C(\C)C(=O)O[C@H]1O[C@@H]2C[C@H]3C1([C@@H](OC(C)=O)C[C@@H](C)[C@]3(C)[C@@H]1C[C@H]3CCO[C@H]3O1)[C@@]1(CO1)C2. The molecule has 2 saturated carbocycles. The highest BCUT2D eigenvalue weighted by Crippen LogP contribution is 2.74. The van der Waals surface area contributed by atoms with Crippen LogP contribution in [0, 0.1) is 28.6 Å². The summed E-state index contributed by atoms with van der Waals surface area (Å²) in [6, 6.07) is 0. The first-order valence-corrected chi connectivity index (χ1v) is 13.2. The average Bonchev–Trinajstić information content (AvgIpc) is 3.23. The van der Waals surface area contributed by atoms with Gasteiger partial charge in [0.1, 0.15) is 17.1 Å². The number of carbonyl (C=O) groups is 2. The van der Waals surface area contributed by atoms with E-state index >= 15 is 0 Å².